The van der Waals surface area contributed by atoms with Crippen molar-refractivity contribution in [2.24, 2.45) is 0 Å². The Bertz CT molecular complexity index is 1640. The molecular weight excluding hydrogens is 414 g/mol. The highest BCUT2D eigenvalue weighted by molar-refractivity contribution is 5.92. The van der Waals surface area contributed by atoms with Gasteiger partial charge in [0.1, 0.15) is 5.82 Å². The van der Waals surface area contributed by atoms with Crippen LogP contribution in [0.25, 0.3) is 39.2 Å². The Balaban J connectivity index is 1.64. The number of benzene rings is 4. The van der Waals surface area contributed by atoms with Gasteiger partial charge in [0, 0.05) is 23.9 Å². The molecule has 1 atom stereocenters. The molecule has 34 heavy (non-hydrogen) atoms. The van der Waals surface area contributed by atoms with Gasteiger partial charge in [0.2, 0.25) is 0 Å². The fourth-order valence-corrected chi connectivity index (χ4v) is 5.38. The third-order valence-corrected chi connectivity index (χ3v) is 6.79. The van der Waals surface area contributed by atoms with E-state index in [0.717, 1.165) is 16.9 Å². The number of fused-ring (bicyclic) bond motifs is 2. The lowest BCUT2D eigenvalue weighted by molar-refractivity contribution is 0.915. The minimum atomic E-state index is 0.108. The number of pyridine rings is 1. The molecule has 0 amide bonds. The summed E-state index contributed by atoms with van der Waals surface area (Å²) in [5.74, 6) is 1.08. The first-order valence-electron chi connectivity index (χ1n) is 11.6. The summed E-state index contributed by atoms with van der Waals surface area (Å²) in [7, 11) is 0. The molecule has 0 aliphatic carbocycles. The van der Waals surface area contributed by atoms with Crippen LogP contribution in [0, 0.1) is 0 Å². The molecule has 3 heterocycles. The first-order chi connectivity index (χ1) is 16.9. The molecule has 0 radical (unpaired) electrons. The number of rotatable bonds is 3. The van der Waals surface area contributed by atoms with Gasteiger partial charge in [-0.15, -0.1) is 0 Å². The van der Waals surface area contributed by atoms with Crippen LogP contribution in [0.15, 0.2) is 122 Å². The summed E-state index contributed by atoms with van der Waals surface area (Å²) in [5, 5.41) is 0. The average molecular weight is 436 g/mol. The molecule has 3 heteroatoms. The predicted octanol–water partition coefficient (Wildman–Crippen LogP) is 7.25. The van der Waals surface area contributed by atoms with Crippen molar-refractivity contribution in [1.82, 2.24) is 14.5 Å². The lowest BCUT2D eigenvalue weighted by Crippen LogP contribution is -2.16. The normalized spacial score (nSPS) is 14.2. The van der Waals surface area contributed by atoms with E-state index in [1.807, 2.05) is 12.4 Å². The Morgan fingerprint density at radius 2 is 1.35 bits per heavy atom. The molecule has 0 saturated carbocycles. The molecule has 1 unspecified atom stereocenters. The smallest absolute Gasteiger partial charge is 0.145 e. The van der Waals surface area contributed by atoms with Crippen molar-refractivity contribution >= 4 is 11.0 Å². The fourth-order valence-electron chi connectivity index (χ4n) is 5.38. The van der Waals surface area contributed by atoms with Gasteiger partial charge in [0.25, 0.3) is 0 Å². The van der Waals surface area contributed by atoms with Crippen LogP contribution >= 0.6 is 0 Å². The molecule has 0 fully saturated rings. The standard InChI is InChI=1S/C31H21N3/c1-3-9-22(10-4-1)28-25-14-7-15-26-30(25)34(31(33-26)23-11-5-2-6-12-23)27-16-8-13-24(29(27)28)21-17-19-32-20-18-21/h1-20,28H. The van der Waals surface area contributed by atoms with E-state index in [-0.39, 0.29) is 5.92 Å². The van der Waals surface area contributed by atoms with Crippen molar-refractivity contribution in [3.05, 3.63) is 138 Å². The van der Waals surface area contributed by atoms with E-state index in [0.29, 0.717) is 0 Å². The second-order valence-corrected chi connectivity index (χ2v) is 8.67. The van der Waals surface area contributed by atoms with Gasteiger partial charge in [-0.3, -0.25) is 9.55 Å². The van der Waals surface area contributed by atoms with Crippen molar-refractivity contribution in [1.29, 1.82) is 0 Å². The van der Waals surface area contributed by atoms with E-state index in [4.69, 9.17) is 4.98 Å². The summed E-state index contributed by atoms with van der Waals surface area (Å²) >= 11 is 0. The molecule has 1 aliphatic rings. The zero-order valence-corrected chi connectivity index (χ0v) is 18.5. The summed E-state index contributed by atoms with van der Waals surface area (Å²) in [6.45, 7) is 0. The van der Waals surface area contributed by atoms with Crippen LogP contribution in [-0.2, 0) is 0 Å². The molecule has 7 rings (SSSR count). The van der Waals surface area contributed by atoms with Crippen LogP contribution in [0.4, 0.5) is 0 Å². The molecule has 0 N–H and O–H groups in total. The van der Waals surface area contributed by atoms with Gasteiger partial charge in [-0.1, -0.05) is 84.9 Å². The lowest BCUT2D eigenvalue weighted by Gasteiger charge is -2.31. The SMILES string of the molecule is c1ccc(-c2nc3cccc4c3n2-c2cccc(-c3ccncc3)c2C4c2ccccc2)cc1. The molecule has 0 spiro atoms. The third-order valence-electron chi connectivity index (χ3n) is 6.79. The second-order valence-electron chi connectivity index (χ2n) is 8.67. The van der Waals surface area contributed by atoms with Crippen LogP contribution in [-0.4, -0.2) is 14.5 Å². The van der Waals surface area contributed by atoms with E-state index in [2.05, 4.69) is 119 Å². The molecule has 160 valence electrons. The van der Waals surface area contributed by atoms with Gasteiger partial charge < -0.3 is 0 Å². The van der Waals surface area contributed by atoms with Crippen molar-refractivity contribution in [2.75, 3.05) is 0 Å². The van der Waals surface area contributed by atoms with Crippen LogP contribution in [0.2, 0.25) is 0 Å². The first kappa shape index (κ1) is 19.0. The van der Waals surface area contributed by atoms with Gasteiger partial charge in [-0.25, -0.2) is 4.98 Å². The van der Waals surface area contributed by atoms with Crippen molar-refractivity contribution in [3.63, 3.8) is 0 Å². The summed E-state index contributed by atoms with van der Waals surface area (Å²) in [5.41, 5.74) is 10.8. The average Bonchev–Trinajstić information content (AvgIpc) is 3.31. The van der Waals surface area contributed by atoms with Gasteiger partial charge >= 0.3 is 0 Å². The molecule has 2 aromatic heterocycles. The molecule has 6 aromatic rings. The topological polar surface area (TPSA) is 30.7 Å². The highest BCUT2D eigenvalue weighted by Crippen LogP contribution is 2.48. The number of para-hydroxylation sites is 1. The first-order valence-corrected chi connectivity index (χ1v) is 11.6. The molecule has 3 nitrogen and oxygen atoms in total. The summed E-state index contributed by atoms with van der Waals surface area (Å²) in [6, 6.07) is 38.6. The minimum Gasteiger partial charge on any atom is -0.292 e. The Morgan fingerprint density at radius 3 is 2.15 bits per heavy atom. The zero-order valence-electron chi connectivity index (χ0n) is 18.5. The van der Waals surface area contributed by atoms with Crippen LogP contribution < -0.4 is 0 Å². The molecular formula is C31H21N3. The van der Waals surface area contributed by atoms with Gasteiger partial charge in [-0.2, -0.15) is 0 Å². The summed E-state index contributed by atoms with van der Waals surface area (Å²) < 4.78 is 2.36. The molecule has 0 saturated heterocycles. The van der Waals surface area contributed by atoms with E-state index in [1.54, 1.807) is 0 Å². The monoisotopic (exact) mass is 435 g/mol. The number of imidazole rings is 1. The van der Waals surface area contributed by atoms with Crippen molar-refractivity contribution in [2.45, 2.75) is 5.92 Å². The zero-order chi connectivity index (χ0) is 22.5. The quantitative estimate of drug-likeness (QED) is 0.293. The number of hydrogen-bond acceptors (Lipinski definition) is 2. The lowest BCUT2D eigenvalue weighted by atomic mass is 9.78. The number of nitrogens with zero attached hydrogens (tertiary/aromatic N) is 3. The third kappa shape index (κ3) is 2.77. The molecule has 0 bridgehead atoms. The minimum absolute atomic E-state index is 0.108. The Labute approximate surface area is 198 Å². The maximum absolute atomic E-state index is 5.14. The summed E-state index contributed by atoms with van der Waals surface area (Å²) in [4.78, 5) is 9.39. The number of hydrogen-bond donors (Lipinski definition) is 0. The van der Waals surface area contributed by atoms with Crippen LogP contribution in [0.1, 0.15) is 22.6 Å². The van der Waals surface area contributed by atoms with Crippen molar-refractivity contribution < 1.29 is 0 Å². The van der Waals surface area contributed by atoms with Crippen molar-refractivity contribution in [3.8, 4) is 28.2 Å². The predicted molar refractivity (Wildman–Crippen MR) is 137 cm³/mol. The number of aromatic nitrogens is 3. The van der Waals surface area contributed by atoms with E-state index in [1.165, 1.54) is 39.0 Å². The van der Waals surface area contributed by atoms with Crippen LogP contribution in [0.5, 0.6) is 0 Å². The highest BCUT2D eigenvalue weighted by atomic mass is 15.1. The van der Waals surface area contributed by atoms with Gasteiger partial charge in [0.05, 0.1) is 16.7 Å². The van der Waals surface area contributed by atoms with Crippen LogP contribution in [0.3, 0.4) is 0 Å². The van der Waals surface area contributed by atoms with Gasteiger partial charge in [0.15, 0.2) is 0 Å². The second kappa shape index (κ2) is 7.53. The van der Waals surface area contributed by atoms with E-state index in [9.17, 15) is 0 Å². The Kier molecular flexibility index (Phi) is 4.21. The van der Waals surface area contributed by atoms with E-state index >= 15 is 0 Å². The Morgan fingerprint density at radius 1 is 0.618 bits per heavy atom. The van der Waals surface area contributed by atoms with Gasteiger partial charge in [-0.05, 0) is 52.1 Å². The molecule has 4 aromatic carbocycles. The van der Waals surface area contributed by atoms with E-state index < -0.39 is 0 Å². The Hall–Kier alpha value is -4.50. The summed E-state index contributed by atoms with van der Waals surface area (Å²) in [6.07, 6.45) is 3.74. The maximum Gasteiger partial charge on any atom is 0.145 e. The largest absolute Gasteiger partial charge is 0.292 e. The highest BCUT2D eigenvalue weighted by Gasteiger charge is 2.33. The maximum atomic E-state index is 5.14. The molecule has 1 aliphatic heterocycles. The fraction of sp³-hybridized carbons (Fsp3) is 0.0323.